The van der Waals surface area contributed by atoms with Crippen LogP contribution in [0.2, 0.25) is 0 Å². The number of nitrogens with one attached hydrogen (secondary N) is 1. The van der Waals surface area contributed by atoms with Crippen molar-refractivity contribution in [3.05, 3.63) is 38.5 Å². The summed E-state index contributed by atoms with van der Waals surface area (Å²) in [5.74, 6) is 0.492. The van der Waals surface area contributed by atoms with Crippen molar-refractivity contribution >= 4 is 43.0 Å². The number of rotatable bonds is 4. The fourth-order valence-corrected chi connectivity index (χ4v) is 5.28. The third-order valence-electron chi connectivity index (χ3n) is 2.73. The van der Waals surface area contributed by atoms with Crippen LogP contribution >= 0.6 is 27.3 Å². The molecule has 7 heteroatoms. The minimum Gasteiger partial charge on any atom is -0.495 e. The number of benzene rings is 1. The Morgan fingerprint density at radius 2 is 1.95 bits per heavy atom. The van der Waals surface area contributed by atoms with E-state index in [4.69, 9.17) is 4.74 Å². The second-order valence-electron chi connectivity index (χ2n) is 4.28. The summed E-state index contributed by atoms with van der Waals surface area (Å²) in [7, 11) is -2.11. The highest BCUT2D eigenvalue weighted by atomic mass is 79.9. The summed E-state index contributed by atoms with van der Waals surface area (Å²) < 4.78 is 33.4. The Kier molecular flexibility index (Phi) is 4.41. The van der Waals surface area contributed by atoms with Gasteiger partial charge < -0.3 is 4.74 Å². The number of thiophene rings is 1. The standard InChI is InChI=1S/C13H14BrNO3S2/c1-8-4-5-11(18-3)10(6-8)15-20(16,17)12-7-13(14)19-9(12)2/h4-7,15H,1-3H3. The largest absolute Gasteiger partial charge is 0.495 e. The van der Waals surface area contributed by atoms with E-state index in [9.17, 15) is 8.42 Å². The molecule has 0 atom stereocenters. The average molecular weight is 376 g/mol. The Labute approximate surface area is 131 Å². The van der Waals surface area contributed by atoms with Gasteiger partial charge in [-0.05, 0) is 53.5 Å². The van der Waals surface area contributed by atoms with Crippen LogP contribution in [-0.4, -0.2) is 15.5 Å². The SMILES string of the molecule is COc1ccc(C)cc1NS(=O)(=O)c1cc(Br)sc1C. The third kappa shape index (κ3) is 3.16. The van der Waals surface area contributed by atoms with Crippen molar-refractivity contribution in [2.24, 2.45) is 0 Å². The van der Waals surface area contributed by atoms with E-state index in [2.05, 4.69) is 20.7 Å². The normalized spacial score (nSPS) is 11.4. The molecule has 0 amide bonds. The number of anilines is 1. The van der Waals surface area contributed by atoms with Crippen LogP contribution in [0.15, 0.2) is 32.9 Å². The summed E-state index contributed by atoms with van der Waals surface area (Å²) in [5.41, 5.74) is 1.39. The lowest BCUT2D eigenvalue weighted by Crippen LogP contribution is -2.14. The van der Waals surface area contributed by atoms with E-state index in [0.29, 0.717) is 11.4 Å². The van der Waals surface area contributed by atoms with E-state index in [0.717, 1.165) is 14.2 Å². The van der Waals surface area contributed by atoms with E-state index < -0.39 is 10.0 Å². The summed E-state index contributed by atoms with van der Waals surface area (Å²) in [4.78, 5) is 1.01. The first-order valence-electron chi connectivity index (χ1n) is 5.77. The van der Waals surface area contributed by atoms with Crippen molar-refractivity contribution < 1.29 is 13.2 Å². The highest BCUT2D eigenvalue weighted by Gasteiger charge is 2.21. The Bertz CT molecular complexity index is 738. The van der Waals surface area contributed by atoms with Gasteiger partial charge in [-0.1, -0.05) is 6.07 Å². The maximum atomic E-state index is 12.4. The number of halogens is 1. The molecule has 1 heterocycles. The highest BCUT2D eigenvalue weighted by Crippen LogP contribution is 2.33. The molecule has 108 valence electrons. The Morgan fingerprint density at radius 1 is 1.25 bits per heavy atom. The topological polar surface area (TPSA) is 55.4 Å². The molecule has 0 unspecified atom stereocenters. The first-order chi connectivity index (χ1) is 9.33. The number of aryl methyl sites for hydroxylation is 2. The van der Waals surface area contributed by atoms with E-state index in [1.54, 1.807) is 25.1 Å². The van der Waals surface area contributed by atoms with E-state index >= 15 is 0 Å². The lowest BCUT2D eigenvalue weighted by molar-refractivity contribution is 0.417. The molecular weight excluding hydrogens is 362 g/mol. The molecule has 0 bridgehead atoms. The molecule has 0 spiro atoms. The van der Waals surface area contributed by atoms with Crippen LogP contribution in [0.1, 0.15) is 10.4 Å². The summed E-state index contributed by atoms with van der Waals surface area (Å²) in [5, 5.41) is 0. The molecule has 20 heavy (non-hydrogen) atoms. The van der Waals surface area contributed by atoms with Crippen LogP contribution in [-0.2, 0) is 10.0 Å². The maximum Gasteiger partial charge on any atom is 0.263 e. The number of ether oxygens (including phenoxy) is 1. The minimum absolute atomic E-state index is 0.276. The molecule has 0 aliphatic carbocycles. The van der Waals surface area contributed by atoms with E-state index in [1.165, 1.54) is 18.4 Å². The van der Waals surface area contributed by atoms with Crippen LogP contribution in [0.3, 0.4) is 0 Å². The molecular formula is C13H14BrNO3S2. The minimum atomic E-state index is -3.62. The molecule has 4 nitrogen and oxygen atoms in total. The molecule has 0 saturated heterocycles. The summed E-state index contributed by atoms with van der Waals surface area (Å²) in [6, 6.07) is 6.95. The Balaban J connectivity index is 2.43. The Morgan fingerprint density at radius 3 is 2.50 bits per heavy atom. The van der Waals surface area contributed by atoms with Gasteiger partial charge in [0.05, 0.1) is 16.6 Å². The van der Waals surface area contributed by atoms with Gasteiger partial charge in [-0.3, -0.25) is 4.72 Å². The van der Waals surface area contributed by atoms with Gasteiger partial charge >= 0.3 is 0 Å². The first kappa shape index (κ1) is 15.3. The molecule has 0 fully saturated rings. The highest BCUT2D eigenvalue weighted by molar-refractivity contribution is 9.11. The molecule has 1 aromatic carbocycles. The molecule has 1 N–H and O–H groups in total. The lowest BCUT2D eigenvalue weighted by atomic mass is 10.2. The van der Waals surface area contributed by atoms with Gasteiger partial charge in [0.2, 0.25) is 0 Å². The van der Waals surface area contributed by atoms with Gasteiger partial charge in [-0.25, -0.2) is 8.42 Å². The molecule has 0 aliphatic heterocycles. The van der Waals surface area contributed by atoms with Crippen LogP contribution in [0.5, 0.6) is 5.75 Å². The number of methoxy groups -OCH3 is 1. The van der Waals surface area contributed by atoms with Crippen LogP contribution in [0, 0.1) is 13.8 Å². The molecule has 0 saturated carbocycles. The molecule has 2 rings (SSSR count). The molecule has 0 radical (unpaired) electrons. The summed E-state index contributed by atoms with van der Waals surface area (Å²) in [6.45, 7) is 3.67. The second kappa shape index (κ2) is 5.75. The van der Waals surface area contributed by atoms with E-state index in [-0.39, 0.29) is 4.90 Å². The fraction of sp³-hybridized carbons (Fsp3) is 0.231. The van der Waals surface area contributed by atoms with Gasteiger partial charge in [0.15, 0.2) is 0 Å². The zero-order valence-corrected chi connectivity index (χ0v) is 14.4. The van der Waals surface area contributed by atoms with Gasteiger partial charge in [0.1, 0.15) is 10.6 Å². The monoisotopic (exact) mass is 375 g/mol. The number of hydrogen-bond acceptors (Lipinski definition) is 4. The van der Waals surface area contributed by atoms with E-state index in [1.807, 2.05) is 13.0 Å². The quantitative estimate of drug-likeness (QED) is 0.880. The van der Waals surface area contributed by atoms with Crippen molar-refractivity contribution in [3.8, 4) is 5.75 Å². The van der Waals surface area contributed by atoms with Crippen molar-refractivity contribution in [1.29, 1.82) is 0 Å². The van der Waals surface area contributed by atoms with Crippen molar-refractivity contribution in [2.75, 3.05) is 11.8 Å². The summed E-state index contributed by atoms with van der Waals surface area (Å²) >= 11 is 4.69. The molecule has 0 aliphatic rings. The van der Waals surface area contributed by atoms with Gasteiger partial charge in [-0.2, -0.15) is 0 Å². The van der Waals surface area contributed by atoms with Gasteiger partial charge in [-0.15, -0.1) is 11.3 Å². The zero-order valence-electron chi connectivity index (χ0n) is 11.2. The maximum absolute atomic E-state index is 12.4. The average Bonchev–Trinajstić information content (AvgIpc) is 2.69. The van der Waals surface area contributed by atoms with Crippen molar-refractivity contribution in [2.45, 2.75) is 18.7 Å². The number of hydrogen-bond donors (Lipinski definition) is 1. The van der Waals surface area contributed by atoms with Crippen molar-refractivity contribution in [3.63, 3.8) is 0 Å². The van der Waals surface area contributed by atoms with Crippen LogP contribution in [0.4, 0.5) is 5.69 Å². The lowest BCUT2D eigenvalue weighted by Gasteiger charge is -2.12. The number of sulfonamides is 1. The predicted molar refractivity (Wildman–Crippen MR) is 85.3 cm³/mol. The molecule has 2 aromatic rings. The van der Waals surface area contributed by atoms with Crippen LogP contribution < -0.4 is 9.46 Å². The zero-order chi connectivity index (χ0) is 14.9. The third-order valence-corrected chi connectivity index (χ3v) is 5.91. The molecule has 1 aromatic heterocycles. The smallest absolute Gasteiger partial charge is 0.263 e. The Hall–Kier alpha value is -1.05. The van der Waals surface area contributed by atoms with Gasteiger partial charge in [0.25, 0.3) is 10.0 Å². The fourth-order valence-electron chi connectivity index (χ4n) is 1.80. The van der Waals surface area contributed by atoms with Crippen LogP contribution in [0.25, 0.3) is 0 Å². The summed E-state index contributed by atoms with van der Waals surface area (Å²) in [6.07, 6.45) is 0. The van der Waals surface area contributed by atoms with Gasteiger partial charge in [0, 0.05) is 4.88 Å². The predicted octanol–water partition coefficient (Wildman–Crippen LogP) is 3.94. The second-order valence-corrected chi connectivity index (χ2v) is 8.57. The van der Waals surface area contributed by atoms with Crippen molar-refractivity contribution in [1.82, 2.24) is 0 Å². The first-order valence-corrected chi connectivity index (χ1v) is 8.86.